The molecule has 1 heterocycles. The molecule has 0 aromatic heterocycles. The molecule has 2 rings (SSSR count). The number of nitrogens with zero attached hydrogens (tertiary/aromatic N) is 1. The summed E-state index contributed by atoms with van der Waals surface area (Å²) in [6, 6.07) is 5.93. The third-order valence-corrected chi connectivity index (χ3v) is 4.69. The minimum Gasteiger partial charge on any atom is -0.453 e. The molecule has 1 fully saturated rings. The summed E-state index contributed by atoms with van der Waals surface area (Å²) in [5, 5.41) is 0. The van der Waals surface area contributed by atoms with Crippen molar-refractivity contribution < 1.29 is 19.1 Å². The molecule has 0 amide bonds. The highest BCUT2D eigenvalue weighted by atomic mass is 16.6. The predicted octanol–water partition coefficient (Wildman–Crippen LogP) is 3.87. The Hall–Kier alpha value is -1.88. The zero-order chi connectivity index (χ0) is 19.1. The van der Waals surface area contributed by atoms with Gasteiger partial charge in [0.25, 0.3) is 0 Å². The van der Waals surface area contributed by atoms with Gasteiger partial charge in [-0.3, -0.25) is 9.69 Å². The van der Waals surface area contributed by atoms with Crippen LogP contribution in [0, 0.1) is 0 Å². The lowest BCUT2D eigenvalue weighted by molar-refractivity contribution is -0.154. The van der Waals surface area contributed by atoms with Crippen molar-refractivity contribution in [2.75, 3.05) is 26.2 Å². The Kier molecular flexibility index (Phi) is 7.64. The van der Waals surface area contributed by atoms with Crippen LogP contribution in [-0.4, -0.2) is 43.1 Å². The quantitative estimate of drug-likeness (QED) is 0.545. The first-order valence-electron chi connectivity index (χ1n) is 9.60. The number of benzene rings is 1. The number of likely N-dealkylation sites (tertiary alicyclic amines) is 1. The first-order valence-corrected chi connectivity index (χ1v) is 9.60. The number of hydrogen-bond donors (Lipinski definition) is 0. The van der Waals surface area contributed by atoms with Crippen molar-refractivity contribution in [3.8, 4) is 5.75 Å². The van der Waals surface area contributed by atoms with Crippen LogP contribution in [0.15, 0.2) is 18.2 Å². The second-order valence-corrected chi connectivity index (χ2v) is 7.55. The maximum Gasteiger partial charge on any atom is 0.349 e. The molecular weight excluding hydrogens is 330 g/mol. The van der Waals surface area contributed by atoms with Crippen LogP contribution in [0.4, 0.5) is 0 Å². The Labute approximate surface area is 156 Å². The van der Waals surface area contributed by atoms with Gasteiger partial charge in [-0.2, -0.15) is 0 Å². The predicted molar refractivity (Wildman–Crippen MR) is 102 cm³/mol. The van der Waals surface area contributed by atoms with E-state index in [1.54, 1.807) is 0 Å². The highest BCUT2D eigenvalue weighted by Gasteiger charge is 2.20. The van der Waals surface area contributed by atoms with Gasteiger partial charge in [-0.1, -0.05) is 52.3 Å². The number of esters is 2. The fraction of sp³-hybridized carbons (Fsp3) is 0.619. The van der Waals surface area contributed by atoms with Crippen LogP contribution in [0.1, 0.15) is 69.9 Å². The van der Waals surface area contributed by atoms with Crippen LogP contribution >= 0.6 is 0 Å². The van der Waals surface area contributed by atoms with Crippen molar-refractivity contribution in [2.24, 2.45) is 0 Å². The van der Waals surface area contributed by atoms with Crippen LogP contribution < -0.4 is 4.74 Å². The zero-order valence-electron chi connectivity index (χ0n) is 16.4. The molecule has 5 heteroatoms. The van der Waals surface area contributed by atoms with E-state index >= 15 is 0 Å². The van der Waals surface area contributed by atoms with E-state index in [2.05, 4.69) is 32.6 Å². The number of rotatable bonds is 7. The molecule has 0 atom stereocenters. The molecule has 0 bridgehead atoms. The summed E-state index contributed by atoms with van der Waals surface area (Å²) < 4.78 is 10.7. The SMILES string of the molecule is CC(C)c1cccc(C(C)C)c1OC(=O)COC(=O)CN1CCCCC1. The van der Waals surface area contributed by atoms with E-state index in [4.69, 9.17) is 9.47 Å². The van der Waals surface area contributed by atoms with Gasteiger partial charge in [0.2, 0.25) is 0 Å². The van der Waals surface area contributed by atoms with Gasteiger partial charge in [0, 0.05) is 0 Å². The lowest BCUT2D eigenvalue weighted by Crippen LogP contribution is -2.36. The van der Waals surface area contributed by atoms with Crippen LogP contribution in [0.5, 0.6) is 5.75 Å². The topological polar surface area (TPSA) is 55.8 Å². The largest absolute Gasteiger partial charge is 0.453 e. The fourth-order valence-electron chi connectivity index (χ4n) is 3.23. The number of carbonyl (C=O) groups is 2. The molecule has 5 nitrogen and oxygen atoms in total. The van der Waals surface area contributed by atoms with Crippen molar-refractivity contribution in [2.45, 2.75) is 58.8 Å². The van der Waals surface area contributed by atoms with Crippen molar-refractivity contribution in [3.05, 3.63) is 29.3 Å². The smallest absolute Gasteiger partial charge is 0.349 e. The third-order valence-electron chi connectivity index (χ3n) is 4.69. The Balaban J connectivity index is 1.93. The van der Waals surface area contributed by atoms with Gasteiger partial charge >= 0.3 is 11.9 Å². The molecule has 26 heavy (non-hydrogen) atoms. The molecule has 0 N–H and O–H groups in total. The van der Waals surface area contributed by atoms with Gasteiger partial charge in [0.1, 0.15) is 5.75 Å². The summed E-state index contributed by atoms with van der Waals surface area (Å²) in [7, 11) is 0. The van der Waals surface area contributed by atoms with Crippen LogP contribution in [0.2, 0.25) is 0 Å². The van der Waals surface area contributed by atoms with Crippen molar-refractivity contribution in [3.63, 3.8) is 0 Å². The van der Waals surface area contributed by atoms with E-state index in [-0.39, 0.29) is 31.0 Å². The summed E-state index contributed by atoms with van der Waals surface area (Å²) in [5.74, 6) is 0.169. The molecule has 0 radical (unpaired) electrons. The molecular formula is C21H31NO4. The van der Waals surface area contributed by atoms with Gasteiger partial charge in [0.05, 0.1) is 6.54 Å². The van der Waals surface area contributed by atoms with E-state index < -0.39 is 5.97 Å². The lowest BCUT2D eigenvalue weighted by atomic mass is 9.94. The molecule has 1 aromatic rings. The highest BCUT2D eigenvalue weighted by Crippen LogP contribution is 2.34. The summed E-state index contributed by atoms with van der Waals surface area (Å²) in [5.41, 5.74) is 1.98. The normalized spacial score (nSPS) is 15.3. The third kappa shape index (κ3) is 5.84. The van der Waals surface area contributed by atoms with Gasteiger partial charge in [-0.25, -0.2) is 4.79 Å². The average Bonchev–Trinajstić information content (AvgIpc) is 2.60. The molecule has 0 saturated carbocycles. The van der Waals surface area contributed by atoms with Crippen LogP contribution in [0.3, 0.4) is 0 Å². The molecule has 1 saturated heterocycles. The highest BCUT2D eigenvalue weighted by molar-refractivity contribution is 5.79. The van der Waals surface area contributed by atoms with Gasteiger partial charge < -0.3 is 9.47 Å². The Morgan fingerprint density at radius 1 is 0.962 bits per heavy atom. The minimum atomic E-state index is -0.535. The molecule has 1 aliphatic heterocycles. The summed E-state index contributed by atoms with van der Waals surface area (Å²) in [6.07, 6.45) is 3.43. The molecule has 144 valence electrons. The Bertz CT molecular complexity index is 592. The maximum atomic E-state index is 12.2. The Morgan fingerprint density at radius 3 is 2.08 bits per heavy atom. The molecule has 1 aliphatic rings. The van der Waals surface area contributed by atoms with E-state index in [0.29, 0.717) is 5.75 Å². The van der Waals surface area contributed by atoms with Gasteiger partial charge in [0.15, 0.2) is 6.61 Å². The monoisotopic (exact) mass is 361 g/mol. The van der Waals surface area contributed by atoms with Crippen molar-refractivity contribution >= 4 is 11.9 Å². The maximum absolute atomic E-state index is 12.2. The first kappa shape index (κ1) is 20.4. The summed E-state index contributed by atoms with van der Waals surface area (Å²) in [4.78, 5) is 26.3. The summed E-state index contributed by atoms with van der Waals surface area (Å²) >= 11 is 0. The van der Waals surface area contributed by atoms with E-state index in [1.165, 1.54) is 6.42 Å². The van der Waals surface area contributed by atoms with E-state index in [0.717, 1.165) is 37.1 Å². The number of ether oxygens (including phenoxy) is 2. The standard InChI is InChI=1S/C21H31NO4/c1-15(2)17-9-8-10-18(16(3)4)21(17)26-20(24)14-25-19(23)13-22-11-6-5-7-12-22/h8-10,15-16H,5-7,11-14H2,1-4H3. The second kappa shape index (κ2) is 9.72. The molecule has 0 aliphatic carbocycles. The van der Waals surface area contributed by atoms with Crippen LogP contribution in [-0.2, 0) is 14.3 Å². The molecule has 0 unspecified atom stereocenters. The number of piperidine rings is 1. The van der Waals surface area contributed by atoms with E-state index in [9.17, 15) is 9.59 Å². The number of para-hydroxylation sites is 1. The minimum absolute atomic E-state index is 0.234. The fourth-order valence-corrected chi connectivity index (χ4v) is 3.23. The zero-order valence-corrected chi connectivity index (χ0v) is 16.4. The van der Waals surface area contributed by atoms with E-state index in [1.807, 2.05) is 18.2 Å². The van der Waals surface area contributed by atoms with Crippen molar-refractivity contribution in [1.29, 1.82) is 0 Å². The lowest BCUT2D eigenvalue weighted by Gasteiger charge is -2.25. The van der Waals surface area contributed by atoms with Crippen molar-refractivity contribution in [1.82, 2.24) is 4.90 Å². The summed E-state index contributed by atoms with van der Waals surface area (Å²) in [6.45, 7) is 9.98. The first-order chi connectivity index (χ1) is 12.4. The molecule has 0 spiro atoms. The number of hydrogen-bond acceptors (Lipinski definition) is 5. The van der Waals surface area contributed by atoms with Gasteiger partial charge in [-0.15, -0.1) is 0 Å². The number of carbonyl (C=O) groups excluding carboxylic acids is 2. The van der Waals surface area contributed by atoms with Crippen LogP contribution in [0.25, 0.3) is 0 Å². The average molecular weight is 361 g/mol. The Morgan fingerprint density at radius 2 is 1.54 bits per heavy atom. The second-order valence-electron chi connectivity index (χ2n) is 7.55. The molecule has 1 aromatic carbocycles. The van der Waals surface area contributed by atoms with Gasteiger partial charge in [-0.05, 0) is 48.9 Å².